The lowest BCUT2D eigenvalue weighted by Crippen LogP contribution is -1.89. The van der Waals surface area contributed by atoms with Crippen LogP contribution in [0.4, 0.5) is 0 Å². The average Bonchev–Trinajstić information content (AvgIpc) is 2.15. The van der Waals surface area contributed by atoms with E-state index in [4.69, 9.17) is 0 Å². The zero-order valence-corrected chi connectivity index (χ0v) is 9.27. The summed E-state index contributed by atoms with van der Waals surface area (Å²) in [4.78, 5) is 9.89. The summed E-state index contributed by atoms with van der Waals surface area (Å²) in [5.41, 5.74) is 1.92. The Labute approximate surface area is 90.7 Å². The molecule has 0 amide bonds. The van der Waals surface area contributed by atoms with Gasteiger partial charge in [-0.1, -0.05) is 40.2 Å². The van der Waals surface area contributed by atoms with E-state index in [0.717, 1.165) is 17.3 Å². The molecule has 74 valence electrons. The molecule has 0 spiro atoms. The van der Waals surface area contributed by atoms with Gasteiger partial charge in [0.1, 0.15) is 0 Å². The number of benzene rings is 1. The van der Waals surface area contributed by atoms with E-state index in [1.807, 2.05) is 31.2 Å². The highest BCUT2D eigenvalue weighted by Gasteiger charge is 2.04. The number of nitrogens with zero attached hydrogens (tertiary/aromatic N) is 1. The molecule has 0 saturated heterocycles. The highest BCUT2D eigenvalue weighted by atomic mass is 79.9. The Morgan fingerprint density at radius 2 is 2.14 bits per heavy atom. The van der Waals surface area contributed by atoms with Crippen LogP contribution in [0.15, 0.2) is 30.5 Å². The van der Waals surface area contributed by atoms with Gasteiger partial charge in [-0.15, -0.1) is 0 Å². The molecule has 0 aliphatic rings. The zero-order chi connectivity index (χ0) is 10.6. The maximum absolute atomic E-state index is 10.2. The topological polar surface area (TPSA) is 43.1 Å². The summed E-state index contributed by atoms with van der Waals surface area (Å²) in [6.45, 7) is 1.98. The Balaban J connectivity index is 3.01. The molecule has 1 aromatic carbocycles. The summed E-state index contributed by atoms with van der Waals surface area (Å²) in [6.07, 6.45) is 2.46. The standard InChI is InChI=1S/C10H10BrNO2/c1-8(11)10-5-3-2-4-9(10)6-7-12(13)14/h2-8H,1H3/b7-6+. The molecule has 4 heteroatoms. The molecule has 1 aromatic rings. The highest BCUT2D eigenvalue weighted by Crippen LogP contribution is 2.25. The largest absolute Gasteiger partial charge is 0.259 e. The lowest BCUT2D eigenvalue weighted by Gasteiger charge is -2.06. The fourth-order valence-corrected chi connectivity index (χ4v) is 1.58. The van der Waals surface area contributed by atoms with Crippen LogP contribution in [0.3, 0.4) is 0 Å². The van der Waals surface area contributed by atoms with Crippen LogP contribution in [0.2, 0.25) is 0 Å². The van der Waals surface area contributed by atoms with Gasteiger partial charge in [0.05, 0.1) is 4.92 Å². The van der Waals surface area contributed by atoms with Gasteiger partial charge < -0.3 is 0 Å². The lowest BCUT2D eigenvalue weighted by molar-refractivity contribution is -0.400. The number of hydrogen-bond donors (Lipinski definition) is 0. The fraction of sp³-hybridized carbons (Fsp3) is 0.200. The fourth-order valence-electron chi connectivity index (χ4n) is 1.17. The first-order valence-electron chi connectivity index (χ1n) is 4.16. The van der Waals surface area contributed by atoms with Crippen molar-refractivity contribution in [1.82, 2.24) is 0 Å². The van der Waals surface area contributed by atoms with E-state index >= 15 is 0 Å². The van der Waals surface area contributed by atoms with Crippen LogP contribution in [0.5, 0.6) is 0 Å². The third-order valence-electron chi connectivity index (χ3n) is 1.80. The molecule has 0 aliphatic carbocycles. The van der Waals surface area contributed by atoms with Crippen LogP contribution < -0.4 is 0 Å². The molecule has 0 fully saturated rings. The molecule has 1 rings (SSSR count). The third-order valence-corrected chi connectivity index (χ3v) is 2.29. The summed E-state index contributed by atoms with van der Waals surface area (Å²) < 4.78 is 0. The summed E-state index contributed by atoms with van der Waals surface area (Å²) in [6, 6.07) is 7.57. The van der Waals surface area contributed by atoms with Crippen molar-refractivity contribution in [3.8, 4) is 0 Å². The van der Waals surface area contributed by atoms with Crippen LogP contribution in [-0.4, -0.2) is 4.92 Å². The molecule has 1 atom stereocenters. The first-order chi connectivity index (χ1) is 6.61. The molecular weight excluding hydrogens is 246 g/mol. The number of rotatable bonds is 3. The molecule has 0 radical (unpaired) electrons. The summed E-state index contributed by atoms with van der Waals surface area (Å²) >= 11 is 3.44. The van der Waals surface area contributed by atoms with Crippen LogP contribution in [0, 0.1) is 10.1 Å². The van der Waals surface area contributed by atoms with E-state index < -0.39 is 4.92 Å². The van der Waals surface area contributed by atoms with Crippen LogP contribution in [0.25, 0.3) is 6.08 Å². The van der Waals surface area contributed by atoms with Crippen molar-refractivity contribution in [2.75, 3.05) is 0 Å². The van der Waals surface area contributed by atoms with Crippen molar-refractivity contribution in [3.63, 3.8) is 0 Å². The molecule has 0 aromatic heterocycles. The Hall–Kier alpha value is -1.16. The van der Waals surface area contributed by atoms with E-state index in [9.17, 15) is 10.1 Å². The van der Waals surface area contributed by atoms with Gasteiger partial charge in [-0.05, 0) is 18.1 Å². The van der Waals surface area contributed by atoms with Gasteiger partial charge in [-0.3, -0.25) is 10.1 Å². The molecule has 1 unspecified atom stereocenters. The Morgan fingerprint density at radius 3 is 2.71 bits per heavy atom. The Kier molecular flexibility index (Phi) is 3.83. The lowest BCUT2D eigenvalue weighted by atomic mass is 10.1. The number of hydrogen-bond acceptors (Lipinski definition) is 2. The van der Waals surface area contributed by atoms with Crippen molar-refractivity contribution in [3.05, 3.63) is 51.7 Å². The van der Waals surface area contributed by atoms with E-state index in [1.165, 1.54) is 6.08 Å². The minimum absolute atomic E-state index is 0.190. The van der Waals surface area contributed by atoms with Crippen molar-refractivity contribution < 1.29 is 4.92 Å². The quantitative estimate of drug-likeness (QED) is 0.472. The van der Waals surface area contributed by atoms with E-state index in [-0.39, 0.29) is 4.83 Å². The van der Waals surface area contributed by atoms with E-state index in [0.29, 0.717) is 0 Å². The second-order valence-electron chi connectivity index (χ2n) is 2.85. The average molecular weight is 256 g/mol. The number of nitro groups is 1. The maximum Gasteiger partial charge on any atom is 0.235 e. The molecule has 0 saturated carbocycles. The molecule has 0 heterocycles. The summed E-state index contributed by atoms with van der Waals surface area (Å²) in [5.74, 6) is 0. The van der Waals surface area contributed by atoms with Gasteiger partial charge in [0.2, 0.25) is 6.20 Å². The summed E-state index contributed by atoms with van der Waals surface area (Å²) in [5, 5.41) is 10.2. The maximum atomic E-state index is 10.2. The van der Waals surface area contributed by atoms with Gasteiger partial charge in [0, 0.05) is 10.9 Å². The predicted molar refractivity (Wildman–Crippen MR) is 59.8 cm³/mol. The summed E-state index contributed by atoms with van der Waals surface area (Å²) in [7, 11) is 0. The number of halogens is 1. The van der Waals surface area contributed by atoms with Crippen molar-refractivity contribution in [2.45, 2.75) is 11.8 Å². The third kappa shape index (κ3) is 2.96. The molecule has 14 heavy (non-hydrogen) atoms. The smallest absolute Gasteiger partial charge is 0.235 e. The van der Waals surface area contributed by atoms with Gasteiger partial charge in [0.25, 0.3) is 0 Å². The second-order valence-corrected chi connectivity index (χ2v) is 4.22. The first kappa shape index (κ1) is 10.9. The van der Waals surface area contributed by atoms with Crippen LogP contribution in [-0.2, 0) is 0 Å². The van der Waals surface area contributed by atoms with Crippen LogP contribution >= 0.6 is 15.9 Å². The first-order valence-corrected chi connectivity index (χ1v) is 5.07. The van der Waals surface area contributed by atoms with Crippen molar-refractivity contribution in [2.24, 2.45) is 0 Å². The van der Waals surface area contributed by atoms with Crippen LogP contribution in [0.1, 0.15) is 22.9 Å². The molecular formula is C10H10BrNO2. The Morgan fingerprint density at radius 1 is 1.50 bits per heavy atom. The minimum atomic E-state index is -0.463. The Bertz CT molecular complexity index is 361. The number of alkyl halides is 1. The zero-order valence-electron chi connectivity index (χ0n) is 7.68. The highest BCUT2D eigenvalue weighted by molar-refractivity contribution is 9.09. The van der Waals surface area contributed by atoms with E-state index in [1.54, 1.807) is 0 Å². The van der Waals surface area contributed by atoms with Gasteiger partial charge in [0.15, 0.2) is 0 Å². The normalized spacial score (nSPS) is 13.0. The van der Waals surface area contributed by atoms with Gasteiger partial charge in [-0.25, -0.2) is 0 Å². The van der Waals surface area contributed by atoms with E-state index in [2.05, 4.69) is 15.9 Å². The van der Waals surface area contributed by atoms with Crippen molar-refractivity contribution in [1.29, 1.82) is 0 Å². The second kappa shape index (κ2) is 4.91. The van der Waals surface area contributed by atoms with Crippen molar-refractivity contribution >= 4 is 22.0 Å². The van der Waals surface area contributed by atoms with Gasteiger partial charge in [-0.2, -0.15) is 0 Å². The molecule has 3 nitrogen and oxygen atoms in total. The molecule has 0 N–H and O–H groups in total. The molecule has 0 bridgehead atoms. The SMILES string of the molecule is CC(Br)c1ccccc1/C=C/[N+](=O)[O-]. The predicted octanol–water partition coefficient (Wildman–Crippen LogP) is 3.39. The van der Waals surface area contributed by atoms with Gasteiger partial charge >= 0.3 is 0 Å². The monoisotopic (exact) mass is 255 g/mol. The molecule has 0 aliphatic heterocycles. The minimum Gasteiger partial charge on any atom is -0.259 e.